The van der Waals surface area contributed by atoms with Crippen LogP contribution < -0.4 is 5.32 Å². The lowest BCUT2D eigenvalue weighted by Crippen LogP contribution is -2.28. The minimum atomic E-state index is 0.0663. The van der Waals surface area contributed by atoms with Gasteiger partial charge in [-0.25, -0.2) is 0 Å². The van der Waals surface area contributed by atoms with Gasteiger partial charge in [0.15, 0.2) is 0 Å². The molecule has 0 aliphatic rings. The Morgan fingerprint density at radius 3 is 2.85 bits per heavy atom. The van der Waals surface area contributed by atoms with Gasteiger partial charge in [-0.2, -0.15) is 17.0 Å². The summed E-state index contributed by atoms with van der Waals surface area (Å²) >= 11 is 1.50. The summed E-state index contributed by atoms with van der Waals surface area (Å²) in [4.78, 5) is 11.1. The van der Waals surface area contributed by atoms with Gasteiger partial charge in [0.05, 0.1) is 11.8 Å². The highest BCUT2D eigenvalue weighted by Gasteiger charge is 2.01. The second kappa shape index (κ2) is 7.93. The van der Waals surface area contributed by atoms with Gasteiger partial charge in [-0.05, 0) is 5.92 Å². The smallest absolute Gasteiger partial charge is 0.230 e. The van der Waals surface area contributed by atoms with Crippen LogP contribution in [0.1, 0.15) is 20.3 Å². The highest BCUT2D eigenvalue weighted by molar-refractivity contribution is 7.99. The molecule has 0 saturated carbocycles. The summed E-state index contributed by atoms with van der Waals surface area (Å²) in [5.74, 6) is 1.77. The molecule has 0 unspecified atom stereocenters. The number of hydrogen-bond donors (Lipinski definition) is 1. The maximum Gasteiger partial charge on any atom is 0.230 e. The molecule has 3 nitrogen and oxygen atoms in total. The van der Waals surface area contributed by atoms with E-state index >= 15 is 0 Å². The molecular formula is C9H16N2OS. The lowest BCUT2D eigenvalue weighted by molar-refractivity contribution is -0.118. The maximum absolute atomic E-state index is 11.1. The van der Waals surface area contributed by atoms with Gasteiger partial charge >= 0.3 is 0 Å². The number of carbonyl (C=O) groups excluding carboxylic acids is 1. The largest absolute Gasteiger partial charge is 0.355 e. The number of nitriles is 1. The molecule has 1 N–H and O–H groups in total. The molecule has 1 amide bonds. The fraction of sp³-hybridized carbons (Fsp3) is 0.778. The molecule has 0 atom stereocenters. The Labute approximate surface area is 83.9 Å². The summed E-state index contributed by atoms with van der Waals surface area (Å²) in [5, 5.41) is 11.1. The summed E-state index contributed by atoms with van der Waals surface area (Å²) in [5.41, 5.74) is 0. The van der Waals surface area contributed by atoms with Crippen LogP contribution in [0.2, 0.25) is 0 Å². The summed E-state index contributed by atoms with van der Waals surface area (Å²) in [7, 11) is 0. The molecule has 0 rings (SSSR count). The van der Waals surface area contributed by atoms with Crippen molar-refractivity contribution in [1.29, 1.82) is 5.26 Å². The predicted molar refractivity (Wildman–Crippen MR) is 55.4 cm³/mol. The number of nitrogens with one attached hydrogen (secondary N) is 1. The van der Waals surface area contributed by atoms with Gasteiger partial charge in [-0.15, -0.1) is 0 Å². The number of thioether (sulfide) groups is 1. The normalized spacial score (nSPS) is 9.69. The summed E-state index contributed by atoms with van der Waals surface area (Å²) in [6.45, 7) is 4.85. The molecule has 0 aliphatic heterocycles. The third-order valence-electron chi connectivity index (χ3n) is 1.30. The van der Waals surface area contributed by atoms with Gasteiger partial charge in [-0.3, -0.25) is 4.79 Å². The first-order chi connectivity index (χ1) is 6.16. The zero-order chi connectivity index (χ0) is 10.1. The van der Waals surface area contributed by atoms with Gasteiger partial charge < -0.3 is 5.32 Å². The Bertz CT molecular complexity index is 187. The number of nitrogens with zero attached hydrogens (tertiary/aromatic N) is 1. The van der Waals surface area contributed by atoms with Crippen molar-refractivity contribution in [1.82, 2.24) is 5.32 Å². The van der Waals surface area contributed by atoms with E-state index in [1.165, 1.54) is 11.8 Å². The third kappa shape index (κ3) is 9.22. The SMILES string of the molecule is CC(C)CNC(=O)CSCCC#N. The van der Waals surface area contributed by atoms with Crippen LogP contribution in [0.4, 0.5) is 0 Å². The molecule has 0 aromatic rings. The highest BCUT2D eigenvalue weighted by atomic mass is 32.2. The van der Waals surface area contributed by atoms with E-state index < -0.39 is 0 Å². The van der Waals surface area contributed by atoms with E-state index in [0.29, 0.717) is 18.1 Å². The minimum Gasteiger partial charge on any atom is -0.355 e. The van der Waals surface area contributed by atoms with E-state index in [2.05, 4.69) is 19.2 Å². The average molecular weight is 200 g/mol. The Kier molecular flexibility index (Phi) is 7.51. The summed E-state index contributed by atoms with van der Waals surface area (Å²) in [6.07, 6.45) is 0.516. The molecule has 0 aliphatic carbocycles. The average Bonchev–Trinajstić information content (AvgIpc) is 2.09. The zero-order valence-electron chi connectivity index (χ0n) is 8.17. The first-order valence-electron chi connectivity index (χ1n) is 4.38. The number of rotatable bonds is 6. The van der Waals surface area contributed by atoms with E-state index in [9.17, 15) is 4.79 Å². The lowest BCUT2D eigenvalue weighted by atomic mass is 10.2. The van der Waals surface area contributed by atoms with Crippen LogP contribution in [0.15, 0.2) is 0 Å². The Balaban J connectivity index is 3.26. The molecule has 0 aromatic heterocycles. The molecule has 0 bridgehead atoms. The monoisotopic (exact) mass is 200 g/mol. The Morgan fingerprint density at radius 1 is 1.62 bits per heavy atom. The molecule has 13 heavy (non-hydrogen) atoms. The molecule has 0 fully saturated rings. The first kappa shape index (κ1) is 12.3. The van der Waals surface area contributed by atoms with Crippen molar-refractivity contribution in [3.63, 3.8) is 0 Å². The van der Waals surface area contributed by atoms with E-state index in [-0.39, 0.29) is 5.91 Å². The van der Waals surface area contributed by atoms with Crippen molar-refractivity contribution in [3.05, 3.63) is 0 Å². The van der Waals surface area contributed by atoms with E-state index in [1.807, 2.05) is 6.07 Å². The number of hydrogen-bond acceptors (Lipinski definition) is 3. The number of amides is 1. The molecule has 0 radical (unpaired) electrons. The van der Waals surface area contributed by atoms with Crippen LogP contribution in [0, 0.1) is 17.2 Å². The third-order valence-corrected chi connectivity index (χ3v) is 2.26. The molecule has 0 spiro atoms. The van der Waals surface area contributed by atoms with E-state index in [1.54, 1.807) is 0 Å². The minimum absolute atomic E-state index is 0.0663. The van der Waals surface area contributed by atoms with Crippen molar-refractivity contribution in [2.75, 3.05) is 18.1 Å². The quantitative estimate of drug-likeness (QED) is 0.659. The second-order valence-electron chi connectivity index (χ2n) is 3.16. The molecule has 74 valence electrons. The second-order valence-corrected chi connectivity index (χ2v) is 4.26. The standard InChI is InChI=1S/C9H16N2OS/c1-8(2)6-11-9(12)7-13-5-3-4-10/h8H,3,5-7H2,1-2H3,(H,11,12). The predicted octanol–water partition coefficient (Wildman–Crippen LogP) is 1.41. The zero-order valence-corrected chi connectivity index (χ0v) is 8.99. The lowest BCUT2D eigenvalue weighted by Gasteiger charge is -2.06. The van der Waals surface area contributed by atoms with E-state index in [4.69, 9.17) is 5.26 Å². The molecule has 4 heteroatoms. The Morgan fingerprint density at radius 2 is 2.31 bits per heavy atom. The van der Waals surface area contributed by atoms with Crippen molar-refractivity contribution >= 4 is 17.7 Å². The van der Waals surface area contributed by atoms with Gasteiger partial charge in [0.1, 0.15) is 0 Å². The molecule has 0 saturated heterocycles. The van der Waals surface area contributed by atoms with Gasteiger partial charge in [0.2, 0.25) is 5.91 Å². The Hall–Kier alpha value is -0.690. The molecule has 0 aromatic carbocycles. The van der Waals surface area contributed by atoms with Crippen LogP contribution in [-0.2, 0) is 4.79 Å². The van der Waals surface area contributed by atoms with Crippen LogP contribution in [-0.4, -0.2) is 24.0 Å². The van der Waals surface area contributed by atoms with Gasteiger partial charge in [-0.1, -0.05) is 13.8 Å². The highest BCUT2D eigenvalue weighted by Crippen LogP contribution is 2.00. The van der Waals surface area contributed by atoms with Crippen LogP contribution in [0.3, 0.4) is 0 Å². The van der Waals surface area contributed by atoms with Crippen molar-refractivity contribution < 1.29 is 4.79 Å². The molecule has 0 heterocycles. The fourth-order valence-electron chi connectivity index (χ4n) is 0.652. The summed E-state index contributed by atoms with van der Waals surface area (Å²) < 4.78 is 0. The van der Waals surface area contributed by atoms with Crippen LogP contribution in [0.5, 0.6) is 0 Å². The van der Waals surface area contributed by atoms with E-state index in [0.717, 1.165) is 12.3 Å². The first-order valence-corrected chi connectivity index (χ1v) is 5.53. The van der Waals surface area contributed by atoms with Crippen molar-refractivity contribution in [2.24, 2.45) is 5.92 Å². The molecular weight excluding hydrogens is 184 g/mol. The van der Waals surface area contributed by atoms with Crippen LogP contribution >= 0.6 is 11.8 Å². The van der Waals surface area contributed by atoms with Gasteiger partial charge in [0, 0.05) is 18.7 Å². The van der Waals surface area contributed by atoms with Crippen LogP contribution in [0.25, 0.3) is 0 Å². The van der Waals surface area contributed by atoms with Gasteiger partial charge in [0.25, 0.3) is 0 Å². The number of carbonyl (C=O) groups is 1. The fourth-order valence-corrected chi connectivity index (χ4v) is 1.32. The summed E-state index contributed by atoms with van der Waals surface area (Å²) in [6, 6.07) is 2.04. The topological polar surface area (TPSA) is 52.9 Å². The van der Waals surface area contributed by atoms with Crippen molar-refractivity contribution in [2.45, 2.75) is 20.3 Å². The maximum atomic E-state index is 11.1. The van der Waals surface area contributed by atoms with Crippen molar-refractivity contribution in [3.8, 4) is 6.07 Å².